The first-order valence-electron chi connectivity index (χ1n) is 11.5. The summed E-state index contributed by atoms with van der Waals surface area (Å²) in [4.78, 5) is 21.4. The lowest BCUT2D eigenvalue weighted by atomic mass is 9.98. The maximum atomic E-state index is 12.4. The number of benzene rings is 1. The van der Waals surface area contributed by atoms with E-state index >= 15 is 0 Å². The van der Waals surface area contributed by atoms with Gasteiger partial charge in [0.15, 0.2) is 5.96 Å². The second-order valence-corrected chi connectivity index (χ2v) is 9.31. The smallest absolute Gasteiger partial charge is 0.223 e. The summed E-state index contributed by atoms with van der Waals surface area (Å²) in [5.41, 5.74) is 1.39. The van der Waals surface area contributed by atoms with Gasteiger partial charge in [0.05, 0.1) is 0 Å². The summed E-state index contributed by atoms with van der Waals surface area (Å²) in [6, 6.07) is 10.4. The lowest BCUT2D eigenvalue weighted by Gasteiger charge is -2.41. The quantitative estimate of drug-likeness (QED) is 0.302. The number of guanidine groups is 1. The number of carbonyl (C=O) groups is 1. The third kappa shape index (κ3) is 7.93. The van der Waals surface area contributed by atoms with Gasteiger partial charge >= 0.3 is 0 Å². The normalized spacial score (nSPS) is 20.5. The summed E-state index contributed by atoms with van der Waals surface area (Å²) < 4.78 is 0. The molecule has 0 aliphatic carbocycles. The van der Waals surface area contributed by atoms with Crippen molar-refractivity contribution in [3.63, 3.8) is 0 Å². The monoisotopic (exact) mass is 541 g/mol. The SMILES string of the molecule is CN=C(NCC1CC(=O)N(CCc2ccccc2)C1)NCC(C)(C)N1CCCCC1.I. The number of piperidine rings is 1. The van der Waals surface area contributed by atoms with Crippen LogP contribution < -0.4 is 10.6 Å². The van der Waals surface area contributed by atoms with Crippen molar-refractivity contribution in [2.75, 3.05) is 46.3 Å². The molecule has 31 heavy (non-hydrogen) atoms. The molecule has 2 fully saturated rings. The van der Waals surface area contributed by atoms with Gasteiger partial charge in [-0.15, -0.1) is 24.0 Å². The lowest BCUT2D eigenvalue weighted by Crippen LogP contribution is -2.55. The number of aliphatic imine (C=N–C) groups is 1. The Morgan fingerprint density at radius 2 is 1.84 bits per heavy atom. The molecule has 1 amide bonds. The molecule has 0 saturated carbocycles. The summed E-state index contributed by atoms with van der Waals surface area (Å²) in [5.74, 6) is 1.43. The zero-order chi connectivity index (χ0) is 21.4. The number of halogens is 1. The predicted molar refractivity (Wildman–Crippen MR) is 139 cm³/mol. The lowest BCUT2D eigenvalue weighted by molar-refractivity contribution is -0.127. The highest BCUT2D eigenvalue weighted by Crippen LogP contribution is 2.20. The van der Waals surface area contributed by atoms with E-state index in [1.54, 1.807) is 0 Å². The van der Waals surface area contributed by atoms with Gasteiger partial charge in [0.2, 0.25) is 5.91 Å². The first-order chi connectivity index (χ1) is 14.5. The fourth-order valence-electron chi connectivity index (χ4n) is 4.49. The van der Waals surface area contributed by atoms with Gasteiger partial charge in [-0.25, -0.2) is 0 Å². The minimum Gasteiger partial charge on any atom is -0.356 e. The number of hydrogen-bond donors (Lipinski definition) is 2. The van der Waals surface area contributed by atoms with Crippen LogP contribution in [0, 0.1) is 5.92 Å². The first-order valence-corrected chi connectivity index (χ1v) is 11.5. The molecule has 7 heteroatoms. The predicted octanol–water partition coefficient (Wildman–Crippen LogP) is 3.13. The van der Waals surface area contributed by atoms with Crippen LogP contribution in [0.5, 0.6) is 0 Å². The molecule has 0 spiro atoms. The topological polar surface area (TPSA) is 60.0 Å². The van der Waals surface area contributed by atoms with Gasteiger partial charge < -0.3 is 15.5 Å². The summed E-state index contributed by atoms with van der Waals surface area (Å²) >= 11 is 0. The summed E-state index contributed by atoms with van der Waals surface area (Å²) in [6.45, 7) is 10.2. The molecule has 0 radical (unpaired) electrons. The Balaban J connectivity index is 0.00000341. The van der Waals surface area contributed by atoms with Crippen LogP contribution in [0.2, 0.25) is 0 Å². The third-order valence-corrected chi connectivity index (χ3v) is 6.49. The first kappa shape index (κ1) is 25.9. The van der Waals surface area contributed by atoms with Gasteiger partial charge in [-0.2, -0.15) is 0 Å². The molecule has 2 aliphatic heterocycles. The Labute approximate surface area is 205 Å². The third-order valence-electron chi connectivity index (χ3n) is 6.49. The van der Waals surface area contributed by atoms with E-state index in [4.69, 9.17) is 0 Å². The van der Waals surface area contributed by atoms with Crippen molar-refractivity contribution in [2.45, 2.75) is 51.5 Å². The fourth-order valence-corrected chi connectivity index (χ4v) is 4.49. The van der Waals surface area contributed by atoms with Crippen LogP contribution in [0.4, 0.5) is 0 Å². The molecule has 1 unspecified atom stereocenters. The van der Waals surface area contributed by atoms with Gasteiger partial charge in [0, 0.05) is 51.1 Å². The van der Waals surface area contributed by atoms with E-state index in [1.807, 2.05) is 18.0 Å². The molecule has 1 aromatic carbocycles. The molecule has 174 valence electrons. The van der Waals surface area contributed by atoms with Crippen molar-refractivity contribution < 1.29 is 4.79 Å². The maximum Gasteiger partial charge on any atom is 0.223 e. The van der Waals surface area contributed by atoms with Crippen LogP contribution in [0.3, 0.4) is 0 Å². The van der Waals surface area contributed by atoms with Gasteiger partial charge in [0.25, 0.3) is 0 Å². The van der Waals surface area contributed by atoms with Crippen LogP contribution in [0.15, 0.2) is 35.3 Å². The van der Waals surface area contributed by atoms with Crippen molar-refractivity contribution in [2.24, 2.45) is 10.9 Å². The highest BCUT2D eigenvalue weighted by atomic mass is 127. The Morgan fingerprint density at radius 1 is 1.13 bits per heavy atom. The number of carbonyl (C=O) groups excluding carboxylic acids is 1. The second kappa shape index (κ2) is 12.6. The van der Waals surface area contributed by atoms with Crippen molar-refractivity contribution >= 4 is 35.8 Å². The Hall–Kier alpha value is -1.35. The molecule has 3 rings (SSSR count). The minimum absolute atomic E-state index is 0. The van der Waals surface area contributed by atoms with Gasteiger partial charge in [-0.3, -0.25) is 14.7 Å². The molecule has 2 N–H and O–H groups in total. The number of nitrogens with one attached hydrogen (secondary N) is 2. The number of amides is 1. The average Bonchev–Trinajstić information content (AvgIpc) is 3.13. The van der Waals surface area contributed by atoms with E-state index in [0.29, 0.717) is 12.3 Å². The van der Waals surface area contributed by atoms with Crippen LogP contribution in [0.25, 0.3) is 0 Å². The number of rotatable bonds is 8. The van der Waals surface area contributed by atoms with E-state index < -0.39 is 0 Å². The zero-order valence-electron chi connectivity index (χ0n) is 19.4. The van der Waals surface area contributed by atoms with Crippen molar-refractivity contribution in [3.8, 4) is 0 Å². The van der Waals surface area contributed by atoms with Crippen molar-refractivity contribution in [3.05, 3.63) is 35.9 Å². The molecule has 2 saturated heterocycles. The van der Waals surface area contributed by atoms with Crippen LogP contribution in [0.1, 0.15) is 45.1 Å². The van der Waals surface area contributed by atoms with E-state index in [9.17, 15) is 4.79 Å². The van der Waals surface area contributed by atoms with Crippen molar-refractivity contribution in [1.29, 1.82) is 0 Å². The van der Waals surface area contributed by atoms with Crippen molar-refractivity contribution in [1.82, 2.24) is 20.4 Å². The Kier molecular flexibility index (Phi) is 10.6. The summed E-state index contributed by atoms with van der Waals surface area (Å²) in [5, 5.41) is 6.94. The molecule has 2 heterocycles. The van der Waals surface area contributed by atoms with Crippen LogP contribution >= 0.6 is 24.0 Å². The molecular weight excluding hydrogens is 501 g/mol. The Morgan fingerprint density at radius 3 is 2.52 bits per heavy atom. The molecule has 1 aromatic rings. The molecular formula is C24H40IN5O. The largest absolute Gasteiger partial charge is 0.356 e. The maximum absolute atomic E-state index is 12.4. The molecule has 0 bridgehead atoms. The van der Waals surface area contributed by atoms with Gasteiger partial charge in [-0.05, 0) is 51.8 Å². The molecule has 2 aliphatic rings. The minimum atomic E-state index is 0. The van der Waals surface area contributed by atoms with E-state index in [1.165, 1.54) is 37.9 Å². The van der Waals surface area contributed by atoms with E-state index in [-0.39, 0.29) is 35.4 Å². The molecule has 0 aromatic heterocycles. The van der Waals surface area contributed by atoms with E-state index in [0.717, 1.165) is 38.6 Å². The highest BCUT2D eigenvalue weighted by molar-refractivity contribution is 14.0. The van der Waals surface area contributed by atoms with Gasteiger partial charge in [-0.1, -0.05) is 36.8 Å². The van der Waals surface area contributed by atoms with Gasteiger partial charge in [0.1, 0.15) is 0 Å². The average molecular weight is 542 g/mol. The number of nitrogens with zero attached hydrogens (tertiary/aromatic N) is 3. The fraction of sp³-hybridized carbons (Fsp3) is 0.667. The standard InChI is InChI=1S/C24H39N5O.HI/c1-24(2,29-13-8-5-9-14-29)19-27-23(25-3)26-17-21-16-22(30)28(18-21)15-12-20-10-6-4-7-11-20;/h4,6-7,10-11,21H,5,8-9,12-19H2,1-3H3,(H2,25,26,27);1H. The molecule has 6 nitrogen and oxygen atoms in total. The van der Waals surface area contributed by atoms with Crippen LogP contribution in [-0.4, -0.2) is 73.5 Å². The number of likely N-dealkylation sites (tertiary alicyclic amines) is 2. The van der Waals surface area contributed by atoms with E-state index in [2.05, 4.69) is 58.6 Å². The highest BCUT2D eigenvalue weighted by Gasteiger charge is 2.30. The Bertz CT molecular complexity index is 703. The second-order valence-electron chi connectivity index (χ2n) is 9.31. The van der Waals surface area contributed by atoms with Crippen LogP contribution in [-0.2, 0) is 11.2 Å². The zero-order valence-corrected chi connectivity index (χ0v) is 21.7. The summed E-state index contributed by atoms with van der Waals surface area (Å²) in [7, 11) is 1.81. The number of hydrogen-bond acceptors (Lipinski definition) is 3. The molecule has 1 atom stereocenters. The summed E-state index contributed by atoms with van der Waals surface area (Å²) in [6.07, 6.45) is 5.49.